The van der Waals surface area contributed by atoms with E-state index in [2.05, 4.69) is 48.8 Å². The lowest BCUT2D eigenvalue weighted by atomic mass is 9.51. The molecule has 2 aromatic rings. The van der Waals surface area contributed by atoms with Crippen LogP contribution in [-0.4, -0.2) is 59.7 Å². The Morgan fingerprint density at radius 1 is 1.06 bits per heavy atom. The van der Waals surface area contributed by atoms with Crippen LogP contribution in [0.4, 0.5) is 0 Å². The van der Waals surface area contributed by atoms with Crippen molar-refractivity contribution in [2.24, 2.45) is 5.41 Å². The van der Waals surface area contributed by atoms with Crippen LogP contribution < -0.4 is 0 Å². The molecule has 2 fully saturated rings. The number of hydrogen-bond donors (Lipinski definition) is 1. The monoisotopic (exact) mass is 434 g/mol. The van der Waals surface area contributed by atoms with Gasteiger partial charge in [0.2, 0.25) is 0 Å². The molecule has 0 unspecified atom stereocenters. The van der Waals surface area contributed by atoms with E-state index in [0.29, 0.717) is 12.2 Å². The Morgan fingerprint density at radius 3 is 2.50 bits per heavy atom. The number of phenolic OH excluding ortho intramolecular Hbond substituents is 1. The van der Waals surface area contributed by atoms with Crippen molar-refractivity contribution in [3.8, 4) is 5.75 Å². The van der Waals surface area contributed by atoms with E-state index >= 15 is 0 Å². The molecule has 0 aromatic heterocycles. The summed E-state index contributed by atoms with van der Waals surface area (Å²) in [6, 6.07) is 14.1. The molecular weight excluding hydrogens is 400 g/mol. The van der Waals surface area contributed by atoms with Crippen molar-refractivity contribution in [1.29, 1.82) is 0 Å². The van der Waals surface area contributed by atoms with Crippen molar-refractivity contribution in [1.82, 2.24) is 9.80 Å². The standard InChI is InChI=1S/C27H34N2O3/c1-26(2)24-17-21-22(5-4-6-23(21)30)27(26,3)11-12-29(24)25(31)20-9-7-19(8-10-20)18-28-13-15-32-16-14-28/h4-10,24,30H,11-18H2,1-3H3/t24-,27+/m1/s1. The van der Waals surface area contributed by atoms with Crippen LogP contribution in [0, 0.1) is 5.41 Å². The maximum absolute atomic E-state index is 13.6. The van der Waals surface area contributed by atoms with E-state index in [1.165, 1.54) is 11.1 Å². The summed E-state index contributed by atoms with van der Waals surface area (Å²) in [5.41, 5.74) is 4.08. The number of carbonyl (C=O) groups excluding carboxylic acids is 1. The van der Waals surface area contributed by atoms with Gasteiger partial charge in [-0.1, -0.05) is 45.0 Å². The SMILES string of the molecule is CC1(C)[C@H]2Cc3c(O)cccc3[C@]1(C)CCN2C(=O)c1ccc(CN2CCOCC2)cc1. The second-order valence-electron chi connectivity index (χ2n) is 10.4. The van der Waals surface area contributed by atoms with Gasteiger partial charge in [-0.15, -0.1) is 0 Å². The van der Waals surface area contributed by atoms with Gasteiger partial charge in [0.05, 0.1) is 13.2 Å². The average molecular weight is 435 g/mol. The molecule has 2 saturated heterocycles. The topological polar surface area (TPSA) is 53.0 Å². The molecule has 0 radical (unpaired) electrons. The Hall–Kier alpha value is -2.37. The summed E-state index contributed by atoms with van der Waals surface area (Å²) >= 11 is 0. The van der Waals surface area contributed by atoms with Gasteiger partial charge in [0.25, 0.3) is 5.91 Å². The van der Waals surface area contributed by atoms with E-state index in [4.69, 9.17) is 4.74 Å². The van der Waals surface area contributed by atoms with Crippen molar-refractivity contribution < 1.29 is 14.6 Å². The first kappa shape index (κ1) is 21.5. The highest BCUT2D eigenvalue weighted by Gasteiger charge is 2.57. The quantitative estimate of drug-likeness (QED) is 0.794. The normalized spacial score (nSPS) is 27.1. The van der Waals surface area contributed by atoms with Crippen molar-refractivity contribution in [3.05, 3.63) is 64.7 Å². The number of rotatable bonds is 3. The lowest BCUT2D eigenvalue weighted by Gasteiger charge is -2.60. The van der Waals surface area contributed by atoms with Crippen LogP contribution in [-0.2, 0) is 23.1 Å². The number of morpholine rings is 1. The Kier molecular flexibility index (Phi) is 5.30. The number of ether oxygens (including phenoxy) is 1. The highest BCUT2D eigenvalue weighted by molar-refractivity contribution is 5.94. The molecule has 5 heteroatoms. The van der Waals surface area contributed by atoms with E-state index in [9.17, 15) is 9.90 Å². The number of nitrogens with zero attached hydrogens (tertiary/aromatic N) is 2. The predicted octanol–water partition coefficient (Wildman–Crippen LogP) is 3.98. The lowest BCUT2D eigenvalue weighted by Crippen LogP contribution is -2.64. The fourth-order valence-electron chi connectivity index (χ4n) is 6.11. The van der Waals surface area contributed by atoms with Crippen LogP contribution in [0.1, 0.15) is 54.2 Å². The van der Waals surface area contributed by atoms with E-state index in [0.717, 1.165) is 56.9 Å². The molecular formula is C27H34N2O3. The number of hydrogen-bond acceptors (Lipinski definition) is 4. The lowest BCUT2D eigenvalue weighted by molar-refractivity contribution is -0.0266. The minimum atomic E-state index is -0.0853. The third-order valence-corrected chi connectivity index (χ3v) is 8.60. The fraction of sp³-hybridized carbons (Fsp3) is 0.519. The molecule has 1 aliphatic carbocycles. The Labute approximate surface area is 191 Å². The first-order chi connectivity index (χ1) is 15.3. The molecule has 3 aliphatic rings. The fourth-order valence-corrected chi connectivity index (χ4v) is 6.11. The molecule has 32 heavy (non-hydrogen) atoms. The van der Waals surface area contributed by atoms with Crippen LogP contribution >= 0.6 is 0 Å². The van der Waals surface area contributed by atoms with Gasteiger partial charge in [0.15, 0.2) is 0 Å². The smallest absolute Gasteiger partial charge is 0.254 e. The zero-order valence-corrected chi connectivity index (χ0v) is 19.4. The molecule has 2 heterocycles. The van der Waals surface area contributed by atoms with Gasteiger partial charge >= 0.3 is 0 Å². The van der Waals surface area contributed by atoms with Crippen LogP contribution in [0.2, 0.25) is 0 Å². The zero-order valence-electron chi connectivity index (χ0n) is 19.4. The van der Waals surface area contributed by atoms with E-state index in [1.54, 1.807) is 6.07 Å². The van der Waals surface area contributed by atoms with Gasteiger partial charge in [-0.2, -0.15) is 0 Å². The molecule has 2 bridgehead atoms. The molecule has 170 valence electrons. The highest BCUT2D eigenvalue weighted by Crippen LogP contribution is 2.57. The van der Waals surface area contributed by atoms with Crippen molar-refractivity contribution in [3.63, 3.8) is 0 Å². The van der Waals surface area contributed by atoms with E-state index in [-0.39, 0.29) is 22.8 Å². The van der Waals surface area contributed by atoms with E-state index < -0.39 is 0 Å². The maximum Gasteiger partial charge on any atom is 0.254 e. The Morgan fingerprint density at radius 2 is 1.78 bits per heavy atom. The first-order valence-corrected chi connectivity index (χ1v) is 11.8. The number of phenols is 1. The van der Waals surface area contributed by atoms with Gasteiger partial charge in [0.1, 0.15) is 5.75 Å². The molecule has 5 rings (SSSR count). The predicted molar refractivity (Wildman–Crippen MR) is 125 cm³/mol. The molecule has 0 spiro atoms. The van der Waals surface area contributed by atoms with Crippen molar-refractivity contribution in [2.75, 3.05) is 32.8 Å². The zero-order chi connectivity index (χ0) is 22.5. The molecule has 5 nitrogen and oxygen atoms in total. The summed E-state index contributed by atoms with van der Waals surface area (Å²) in [5.74, 6) is 0.456. The first-order valence-electron chi connectivity index (χ1n) is 11.8. The van der Waals surface area contributed by atoms with Crippen molar-refractivity contribution >= 4 is 5.91 Å². The summed E-state index contributed by atoms with van der Waals surface area (Å²) in [6.07, 6.45) is 1.60. The maximum atomic E-state index is 13.6. The van der Waals surface area contributed by atoms with Gasteiger partial charge in [-0.3, -0.25) is 9.69 Å². The number of benzene rings is 2. The second-order valence-corrected chi connectivity index (χ2v) is 10.4. The average Bonchev–Trinajstić information content (AvgIpc) is 2.78. The van der Waals surface area contributed by atoms with Crippen LogP contribution in [0.5, 0.6) is 5.75 Å². The minimum absolute atomic E-state index is 0.0579. The molecule has 2 atom stereocenters. The molecule has 1 N–H and O–H groups in total. The third kappa shape index (κ3) is 3.34. The number of piperidine rings is 1. The summed E-state index contributed by atoms with van der Waals surface area (Å²) in [6.45, 7) is 12.0. The molecule has 0 saturated carbocycles. The number of carbonyl (C=O) groups is 1. The number of aromatic hydroxyl groups is 1. The second kappa shape index (κ2) is 7.89. The van der Waals surface area contributed by atoms with Gasteiger partial charge in [-0.25, -0.2) is 0 Å². The Balaban J connectivity index is 1.39. The van der Waals surface area contributed by atoms with Crippen LogP contribution in [0.3, 0.4) is 0 Å². The number of fused-ring (bicyclic) bond motifs is 4. The summed E-state index contributed by atoms with van der Waals surface area (Å²) in [7, 11) is 0. The molecule has 1 amide bonds. The van der Waals surface area contributed by atoms with Crippen LogP contribution in [0.15, 0.2) is 42.5 Å². The minimum Gasteiger partial charge on any atom is -0.508 e. The summed E-state index contributed by atoms with van der Waals surface area (Å²) in [4.78, 5) is 18.1. The Bertz CT molecular complexity index is 1010. The highest BCUT2D eigenvalue weighted by atomic mass is 16.5. The molecule has 2 aromatic carbocycles. The third-order valence-electron chi connectivity index (χ3n) is 8.60. The van der Waals surface area contributed by atoms with Gasteiger partial charge in [-0.05, 0) is 53.1 Å². The number of likely N-dealkylation sites (tertiary alicyclic amines) is 1. The molecule has 2 aliphatic heterocycles. The number of amides is 1. The summed E-state index contributed by atoms with van der Waals surface area (Å²) < 4.78 is 5.43. The van der Waals surface area contributed by atoms with E-state index in [1.807, 2.05) is 18.2 Å². The van der Waals surface area contributed by atoms with Crippen LogP contribution in [0.25, 0.3) is 0 Å². The summed E-state index contributed by atoms with van der Waals surface area (Å²) in [5, 5.41) is 10.6. The van der Waals surface area contributed by atoms with Gasteiger partial charge < -0.3 is 14.7 Å². The largest absolute Gasteiger partial charge is 0.508 e. The van der Waals surface area contributed by atoms with Gasteiger partial charge in [0, 0.05) is 43.2 Å². The van der Waals surface area contributed by atoms with Crippen molar-refractivity contribution in [2.45, 2.75) is 51.6 Å².